The highest BCUT2D eigenvalue weighted by Gasteiger charge is 2.30. The number of nitrogens with zero attached hydrogens (tertiary/aromatic N) is 2. The number of rotatable bonds is 6. The van der Waals surface area contributed by atoms with Gasteiger partial charge in [-0.15, -0.1) is 11.3 Å². The first-order chi connectivity index (χ1) is 12.4. The molecule has 0 radical (unpaired) electrons. The molecule has 142 valence electrons. The van der Waals surface area contributed by atoms with Crippen molar-refractivity contribution in [1.29, 1.82) is 0 Å². The Morgan fingerprint density at radius 3 is 2.73 bits per heavy atom. The van der Waals surface area contributed by atoms with Crippen molar-refractivity contribution in [2.24, 2.45) is 5.92 Å². The molecule has 1 aliphatic heterocycles. The minimum Gasteiger partial charge on any atom is -0.351 e. The van der Waals surface area contributed by atoms with Gasteiger partial charge in [-0.1, -0.05) is 25.1 Å². The Morgan fingerprint density at radius 2 is 2.15 bits per heavy atom. The summed E-state index contributed by atoms with van der Waals surface area (Å²) in [7, 11) is -3.38. The SMILES string of the molecule is CC(C)c1cc(C(=O)NCC2CCN(S(=O)(=O)c3cccs3)CC2)on1. The van der Waals surface area contributed by atoms with Crippen LogP contribution in [0.2, 0.25) is 0 Å². The largest absolute Gasteiger partial charge is 0.351 e. The van der Waals surface area contributed by atoms with Crippen molar-refractivity contribution in [3.05, 3.63) is 35.0 Å². The van der Waals surface area contributed by atoms with E-state index in [1.807, 2.05) is 13.8 Å². The number of aromatic nitrogens is 1. The van der Waals surface area contributed by atoms with Crippen LogP contribution >= 0.6 is 11.3 Å². The minimum absolute atomic E-state index is 0.204. The lowest BCUT2D eigenvalue weighted by atomic mass is 9.98. The van der Waals surface area contributed by atoms with Crippen LogP contribution in [-0.2, 0) is 10.0 Å². The highest BCUT2D eigenvalue weighted by atomic mass is 32.2. The maximum absolute atomic E-state index is 12.5. The predicted molar refractivity (Wildman–Crippen MR) is 98.7 cm³/mol. The molecule has 1 saturated heterocycles. The van der Waals surface area contributed by atoms with Gasteiger partial charge in [-0.05, 0) is 36.1 Å². The average Bonchev–Trinajstić information content (AvgIpc) is 3.31. The van der Waals surface area contributed by atoms with Crippen molar-refractivity contribution in [3.63, 3.8) is 0 Å². The van der Waals surface area contributed by atoms with E-state index in [0.717, 1.165) is 18.5 Å². The molecule has 0 bridgehead atoms. The van der Waals surface area contributed by atoms with Gasteiger partial charge < -0.3 is 9.84 Å². The highest BCUT2D eigenvalue weighted by molar-refractivity contribution is 7.91. The summed E-state index contributed by atoms with van der Waals surface area (Å²) in [6.07, 6.45) is 1.44. The zero-order valence-electron chi connectivity index (χ0n) is 14.8. The maximum Gasteiger partial charge on any atom is 0.289 e. The standard InChI is InChI=1S/C17H23N3O4S2/c1-12(2)14-10-15(24-19-14)17(21)18-11-13-5-7-20(8-6-13)26(22,23)16-4-3-9-25-16/h3-4,9-10,12-13H,5-8,11H2,1-2H3,(H,18,21). The lowest BCUT2D eigenvalue weighted by molar-refractivity contribution is 0.0904. The monoisotopic (exact) mass is 397 g/mol. The summed E-state index contributed by atoms with van der Waals surface area (Å²) >= 11 is 1.24. The summed E-state index contributed by atoms with van der Waals surface area (Å²) in [5.74, 6) is 0.389. The smallest absolute Gasteiger partial charge is 0.289 e. The van der Waals surface area contributed by atoms with Gasteiger partial charge in [0.05, 0.1) is 5.69 Å². The molecule has 0 saturated carbocycles. The second-order valence-corrected chi connectivity index (χ2v) is 9.87. The van der Waals surface area contributed by atoms with Crippen LogP contribution in [0.5, 0.6) is 0 Å². The molecule has 26 heavy (non-hydrogen) atoms. The van der Waals surface area contributed by atoms with Crippen LogP contribution in [0.15, 0.2) is 32.3 Å². The number of thiophene rings is 1. The quantitative estimate of drug-likeness (QED) is 0.809. The first-order valence-electron chi connectivity index (χ1n) is 8.66. The molecule has 2 aromatic heterocycles. The molecule has 1 aliphatic rings. The molecule has 3 heterocycles. The molecule has 1 fully saturated rings. The summed E-state index contributed by atoms with van der Waals surface area (Å²) < 4.78 is 32.0. The first kappa shape index (κ1) is 19.1. The molecule has 3 rings (SSSR count). The van der Waals surface area contributed by atoms with Crippen molar-refractivity contribution >= 4 is 27.3 Å². The Balaban J connectivity index is 1.49. The molecule has 1 amide bonds. The van der Waals surface area contributed by atoms with E-state index in [-0.39, 0.29) is 23.5 Å². The molecule has 0 atom stereocenters. The van der Waals surface area contributed by atoms with Crippen LogP contribution in [0.4, 0.5) is 0 Å². The van der Waals surface area contributed by atoms with Gasteiger partial charge in [0.25, 0.3) is 15.9 Å². The Bertz CT molecular complexity index is 835. The van der Waals surface area contributed by atoms with Gasteiger partial charge in [-0.3, -0.25) is 4.79 Å². The number of sulfonamides is 1. The number of carbonyl (C=O) groups is 1. The van der Waals surface area contributed by atoms with E-state index in [1.54, 1.807) is 23.6 Å². The minimum atomic E-state index is -3.38. The Kier molecular flexibility index (Phi) is 5.79. The molecule has 0 spiro atoms. The third kappa shape index (κ3) is 4.16. The summed E-state index contributed by atoms with van der Waals surface area (Å²) in [6.45, 7) is 5.42. The number of carbonyl (C=O) groups excluding carboxylic acids is 1. The molecule has 0 aliphatic carbocycles. The van der Waals surface area contributed by atoms with Crippen molar-refractivity contribution < 1.29 is 17.7 Å². The Hall–Kier alpha value is -1.71. The predicted octanol–water partition coefficient (Wildman–Crippen LogP) is 2.69. The molecule has 9 heteroatoms. The third-order valence-electron chi connectivity index (χ3n) is 4.56. The third-order valence-corrected chi connectivity index (χ3v) is 7.83. The van der Waals surface area contributed by atoms with E-state index >= 15 is 0 Å². The van der Waals surface area contributed by atoms with Gasteiger partial charge >= 0.3 is 0 Å². The Labute approximate surface area is 157 Å². The van der Waals surface area contributed by atoms with E-state index in [9.17, 15) is 13.2 Å². The first-order valence-corrected chi connectivity index (χ1v) is 11.0. The summed E-state index contributed by atoms with van der Waals surface area (Å²) in [6, 6.07) is 5.04. The van der Waals surface area contributed by atoms with Gasteiger partial charge in [0.1, 0.15) is 4.21 Å². The zero-order chi connectivity index (χ0) is 18.7. The topological polar surface area (TPSA) is 92.5 Å². The highest BCUT2D eigenvalue weighted by Crippen LogP contribution is 2.26. The molecule has 7 nitrogen and oxygen atoms in total. The number of amides is 1. The molecular weight excluding hydrogens is 374 g/mol. The fourth-order valence-corrected chi connectivity index (χ4v) is 5.50. The number of nitrogens with one attached hydrogen (secondary N) is 1. The fraction of sp³-hybridized carbons (Fsp3) is 0.529. The lowest BCUT2D eigenvalue weighted by Crippen LogP contribution is -2.41. The van der Waals surface area contributed by atoms with Crippen LogP contribution < -0.4 is 5.32 Å². The van der Waals surface area contributed by atoms with Gasteiger partial charge in [0, 0.05) is 25.7 Å². The average molecular weight is 398 g/mol. The molecule has 0 aromatic carbocycles. The van der Waals surface area contributed by atoms with Crippen LogP contribution in [-0.4, -0.2) is 43.4 Å². The number of hydrogen-bond donors (Lipinski definition) is 1. The normalized spacial score (nSPS) is 16.9. The van der Waals surface area contributed by atoms with Gasteiger partial charge in [0.2, 0.25) is 5.76 Å². The fourth-order valence-electron chi connectivity index (χ4n) is 2.88. The van der Waals surface area contributed by atoms with E-state index < -0.39 is 10.0 Å². The molecule has 2 aromatic rings. The van der Waals surface area contributed by atoms with Crippen molar-refractivity contribution in [3.8, 4) is 0 Å². The van der Waals surface area contributed by atoms with Crippen molar-refractivity contribution in [2.75, 3.05) is 19.6 Å². The summed E-state index contributed by atoms with van der Waals surface area (Å²) in [5.41, 5.74) is 0.752. The second kappa shape index (κ2) is 7.89. The van der Waals surface area contributed by atoms with Gasteiger partial charge in [-0.2, -0.15) is 4.31 Å². The molecular formula is C17H23N3O4S2. The maximum atomic E-state index is 12.5. The van der Waals surface area contributed by atoms with Crippen LogP contribution in [0.25, 0.3) is 0 Å². The van der Waals surface area contributed by atoms with E-state index in [0.29, 0.717) is 23.8 Å². The van der Waals surface area contributed by atoms with E-state index in [2.05, 4.69) is 10.5 Å². The summed E-state index contributed by atoms with van der Waals surface area (Å²) in [4.78, 5) is 12.2. The van der Waals surface area contributed by atoms with E-state index in [1.165, 1.54) is 15.6 Å². The van der Waals surface area contributed by atoms with Gasteiger partial charge in [0.15, 0.2) is 0 Å². The zero-order valence-corrected chi connectivity index (χ0v) is 16.5. The number of hydrogen-bond acceptors (Lipinski definition) is 6. The Morgan fingerprint density at radius 1 is 1.42 bits per heavy atom. The van der Waals surface area contributed by atoms with Crippen molar-refractivity contribution in [1.82, 2.24) is 14.8 Å². The van der Waals surface area contributed by atoms with Crippen molar-refractivity contribution in [2.45, 2.75) is 36.8 Å². The lowest BCUT2D eigenvalue weighted by Gasteiger charge is -2.30. The van der Waals surface area contributed by atoms with Crippen LogP contribution in [0, 0.1) is 5.92 Å². The van der Waals surface area contributed by atoms with Crippen LogP contribution in [0.3, 0.4) is 0 Å². The molecule has 1 N–H and O–H groups in total. The van der Waals surface area contributed by atoms with Crippen LogP contribution in [0.1, 0.15) is 48.9 Å². The summed E-state index contributed by atoms with van der Waals surface area (Å²) in [5, 5.41) is 8.52. The van der Waals surface area contributed by atoms with Gasteiger partial charge in [-0.25, -0.2) is 8.42 Å². The van der Waals surface area contributed by atoms with E-state index in [4.69, 9.17) is 4.52 Å². The number of piperidine rings is 1. The molecule has 0 unspecified atom stereocenters. The second-order valence-electron chi connectivity index (χ2n) is 6.76.